The Morgan fingerprint density at radius 1 is 1.11 bits per heavy atom. The number of nitrogens with two attached hydrogens (primary N) is 1. The van der Waals surface area contributed by atoms with Crippen LogP contribution in [0.5, 0.6) is 0 Å². The minimum Gasteiger partial charge on any atom is -0.364 e. The third-order valence-electron chi connectivity index (χ3n) is 4.47. The van der Waals surface area contributed by atoms with Crippen LogP contribution in [0.25, 0.3) is 0 Å². The van der Waals surface area contributed by atoms with Crippen LogP contribution in [0.2, 0.25) is 0 Å². The first-order valence-electron chi connectivity index (χ1n) is 8.63. The zero-order valence-corrected chi connectivity index (χ0v) is 16.1. The van der Waals surface area contributed by atoms with Gasteiger partial charge in [0, 0.05) is 38.1 Å². The first-order chi connectivity index (χ1) is 13.3. The molecule has 1 aliphatic rings. The number of amides is 2. The quantitative estimate of drug-likeness (QED) is 0.743. The van der Waals surface area contributed by atoms with Crippen LogP contribution in [0.1, 0.15) is 20.8 Å². The Hall–Kier alpha value is -2.82. The molecule has 0 radical (unpaired) electrons. The van der Waals surface area contributed by atoms with E-state index in [4.69, 9.17) is 5.73 Å². The zero-order chi connectivity index (χ0) is 20.3. The fourth-order valence-corrected chi connectivity index (χ4v) is 4.26. The normalized spacial score (nSPS) is 15.9. The summed E-state index contributed by atoms with van der Waals surface area (Å²) in [4.78, 5) is 29.4. The third-order valence-corrected chi connectivity index (χ3v) is 6.36. The molecule has 3 rings (SSSR count). The van der Waals surface area contributed by atoms with Crippen LogP contribution in [0, 0.1) is 0 Å². The summed E-state index contributed by atoms with van der Waals surface area (Å²) in [6, 6.07) is 8.89. The van der Waals surface area contributed by atoms with Crippen LogP contribution in [0.3, 0.4) is 0 Å². The van der Waals surface area contributed by atoms with Gasteiger partial charge in [0.2, 0.25) is 10.0 Å². The van der Waals surface area contributed by atoms with Crippen molar-refractivity contribution < 1.29 is 18.0 Å². The molecule has 3 N–H and O–H groups in total. The van der Waals surface area contributed by atoms with Gasteiger partial charge in [-0.05, 0) is 37.4 Å². The summed E-state index contributed by atoms with van der Waals surface area (Å²) in [5, 5.41) is 2.64. The lowest BCUT2D eigenvalue weighted by molar-refractivity contribution is 0.0990. The molecule has 2 amide bonds. The molecule has 0 spiro atoms. The van der Waals surface area contributed by atoms with Crippen molar-refractivity contribution >= 4 is 27.5 Å². The summed E-state index contributed by atoms with van der Waals surface area (Å²) in [6.07, 6.45) is 1.24. The maximum absolute atomic E-state index is 12.8. The van der Waals surface area contributed by atoms with Gasteiger partial charge >= 0.3 is 0 Å². The van der Waals surface area contributed by atoms with Gasteiger partial charge in [-0.15, -0.1) is 0 Å². The number of nitrogens with zero attached hydrogens (tertiary/aromatic N) is 3. The van der Waals surface area contributed by atoms with Gasteiger partial charge in [-0.2, -0.15) is 4.31 Å². The van der Waals surface area contributed by atoms with Crippen LogP contribution >= 0.6 is 0 Å². The van der Waals surface area contributed by atoms with Crippen molar-refractivity contribution in [1.29, 1.82) is 0 Å². The fraction of sp³-hybridized carbons (Fsp3) is 0.278. The van der Waals surface area contributed by atoms with E-state index < -0.39 is 21.8 Å². The van der Waals surface area contributed by atoms with Crippen LogP contribution in [-0.2, 0) is 10.0 Å². The number of carbonyl (C=O) groups excluding carboxylic acids is 2. The van der Waals surface area contributed by atoms with Gasteiger partial charge in [0.25, 0.3) is 11.8 Å². The highest BCUT2D eigenvalue weighted by atomic mass is 32.2. The van der Waals surface area contributed by atoms with Crippen molar-refractivity contribution in [3.63, 3.8) is 0 Å². The van der Waals surface area contributed by atoms with E-state index in [0.717, 1.165) is 0 Å². The highest BCUT2D eigenvalue weighted by molar-refractivity contribution is 7.89. The molecule has 0 aliphatic carbocycles. The maximum atomic E-state index is 12.8. The molecule has 28 heavy (non-hydrogen) atoms. The molecular formula is C18H21N5O4S. The number of likely N-dealkylation sites (N-methyl/N-ethyl adjacent to an activating group) is 1. The summed E-state index contributed by atoms with van der Waals surface area (Å²) in [5.41, 5.74) is 5.74. The van der Waals surface area contributed by atoms with Crippen molar-refractivity contribution in [2.24, 2.45) is 5.73 Å². The van der Waals surface area contributed by atoms with E-state index in [1.54, 1.807) is 12.1 Å². The Labute approximate surface area is 163 Å². The van der Waals surface area contributed by atoms with E-state index in [1.807, 2.05) is 7.05 Å². The number of primary amides is 1. The number of hydrogen-bond donors (Lipinski definition) is 2. The number of piperazine rings is 1. The summed E-state index contributed by atoms with van der Waals surface area (Å²) < 4.78 is 27.1. The van der Waals surface area contributed by atoms with Crippen molar-refractivity contribution in [3.05, 3.63) is 53.9 Å². The second kappa shape index (κ2) is 8.05. The molecule has 1 aromatic heterocycles. The lowest BCUT2D eigenvalue weighted by atomic mass is 10.2. The minimum absolute atomic E-state index is 0.0526. The summed E-state index contributed by atoms with van der Waals surface area (Å²) in [5.74, 6) is -1.16. The molecule has 0 saturated carbocycles. The Bertz CT molecular complexity index is 983. The summed E-state index contributed by atoms with van der Waals surface area (Å²) in [7, 11) is -1.68. The van der Waals surface area contributed by atoms with Crippen molar-refractivity contribution in [2.75, 3.05) is 38.5 Å². The van der Waals surface area contributed by atoms with Crippen molar-refractivity contribution in [1.82, 2.24) is 14.2 Å². The molecule has 1 saturated heterocycles. The zero-order valence-electron chi connectivity index (χ0n) is 15.3. The summed E-state index contributed by atoms with van der Waals surface area (Å²) in [6.45, 7) is 2.19. The first-order valence-corrected chi connectivity index (χ1v) is 10.1. The van der Waals surface area contributed by atoms with Gasteiger partial charge in [-0.1, -0.05) is 6.07 Å². The summed E-state index contributed by atoms with van der Waals surface area (Å²) >= 11 is 0. The second-order valence-electron chi connectivity index (χ2n) is 6.49. The van der Waals surface area contributed by atoms with Crippen LogP contribution in [-0.4, -0.2) is 67.6 Å². The molecule has 9 nitrogen and oxygen atoms in total. The van der Waals surface area contributed by atoms with Crippen LogP contribution in [0.4, 0.5) is 5.69 Å². The van der Waals surface area contributed by atoms with Gasteiger partial charge in [0.15, 0.2) is 0 Å². The average molecular weight is 403 g/mol. The highest BCUT2D eigenvalue weighted by Gasteiger charge is 2.27. The molecule has 148 valence electrons. The molecule has 2 aromatic rings. The van der Waals surface area contributed by atoms with Gasteiger partial charge in [-0.3, -0.25) is 14.6 Å². The Morgan fingerprint density at radius 2 is 1.82 bits per heavy atom. The molecule has 0 atom stereocenters. The molecule has 10 heteroatoms. The van der Waals surface area contributed by atoms with Crippen molar-refractivity contribution in [2.45, 2.75) is 4.90 Å². The second-order valence-corrected chi connectivity index (χ2v) is 8.42. The highest BCUT2D eigenvalue weighted by Crippen LogP contribution is 2.21. The lowest BCUT2D eigenvalue weighted by Crippen LogP contribution is -2.47. The van der Waals surface area contributed by atoms with E-state index in [9.17, 15) is 18.0 Å². The van der Waals surface area contributed by atoms with Gasteiger partial charge in [0.1, 0.15) is 5.69 Å². The monoisotopic (exact) mass is 403 g/mol. The molecular weight excluding hydrogens is 382 g/mol. The predicted molar refractivity (Wildman–Crippen MR) is 103 cm³/mol. The van der Waals surface area contributed by atoms with Gasteiger partial charge < -0.3 is 16.0 Å². The number of pyridine rings is 1. The average Bonchev–Trinajstić information content (AvgIpc) is 2.68. The van der Waals surface area contributed by atoms with E-state index in [1.165, 1.54) is 34.8 Å². The van der Waals surface area contributed by atoms with Crippen LogP contribution < -0.4 is 11.1 Å². The SMILES string of the molecule is CN1CCN(S(=O)(=O)c2cccc(NC(=O)c3ccc(C(N)=O)nc3)c2)CC1. The fourth-order valence-electron chi connectivity index (χ4n) is 2.79. The van der Waals surface area contributed by atoms with E-state index in [0.29, 0.717) is 31.9 Å². The number of anilines is 1. The number of rotatable bonds is 5. The Morgan fingerprint density at radius 3 is 2.43 bits per heavy atom. The van der Waals surface area contributed by atoms with Gasteiger partial charge in [0.05, 0.1) is 10.5 Å². The van der Waals surface area contributed by atoms with Crippen LogP contribution in [0.15, 0.2) is 47.5 Å². The van der Waals surface area contributed by atoms with E-state index in [2.05, 4.69) is 15.2 Å². The smallest absolute Gasteiger partial charge is 0.267 e. The Balaban J connectivity index is 1.75. The van der Waals surface area contributed by atoms with Crippen molar-refractivity contribution in [3.8, 4) is 0 Å². The molecule has 0 bridgehead atoms. The number of nitrogens with one attached hydrogen (secondary N) is 1. The first kappa shape index (κ1) is 19.9. The number of aromatic nitrogens is 1. The number of carbonyl (C=O) groups is 2. The third kappa shape index (κ3) is 4.35. The number of hydrogen-bond acceptors (Lipinski definition) is 6. The molecule has 1 aromatic carbocycles. The number of sulfonamides is 1. The lowest BCUT2D eigenvalue weighted by Gasteiger charge is -2.31. The number of benzene rings is 1. The predicted octanol–water partition coefficient (Wildman–Crippen LogP) is 0.369. The largest absolute Gasteiger partial charge is 0.364 e. The molecule has 2 heterocycles. The minimum atomic E-state index is -3.63. The molecule has 1 fully saturated rings. The van der Waals surface area contributed by atoms with E-state index >= 15 is 0 Å². The molecule has 1 aliphatic heterocycles. The maximum Gasteiger partial charge on any atom is 0.267 e. The Kier molecular flexibility index (Phi) is 5.73. The van der Waals surface area contributed by atoms with E-state index in [-0.39, 0.29) is 16.2 Å². The van der Waals surface area contributed by atoms with Gasteiger partial charge in [-0.25, -0.2) is 8.42 Å². The topological polar surface area (TPSA) is 126 Å². The molecule has 0 unspecified atom stereocenters. The standard InChI is InChI=1S/C18H21N5O4S/c1-22-7-9-23(10-8-22)28(26,27)15-4-2-3-14(11-15)21-18(25)13-5-6-16(17(19)24)20-12-13/h2-6,11-12H,7-10H2,1H3,(H2,19,24)(H,21,25).